The number of anilines is 1. The molecule has 9 nitrogen and oxygen atoms in total. The minimum Gasteiger partial charge on any atom is -0.376 e. The normalized spacial score (nSPS) is 19.5. The Morgan fingerprint density at radius 3 is 2.65 bits per heavy atom. The molecule has 0 unspecified atom stereocenters. The molecule has 2 fully saturated rings. The summed E-state index contributed by atoms with van der Waals surface area (Å²) in [6.45, 7) is 8.77. The second-order valence-electron chi connectivity index (χ2n) is 10.1. The number of piperazine rings is 1. The van der Waals surface area contributed by atoms with E-state index in [0.29, 0.717) is 17.9 Å². The van der Waals surface area contributed by atoms with Gasteiger partial charge in [-0.25, -0.2) is 4.68 Å². The van der Waals surface area contributed by atoms with Gasteiger partial charge in [-0.2, -0.15) is 0 Å². The molecule has 2 saturated heterocycles. The molecule has 0 bridgehead atoms. The highest BCUT2D eigenvalue weighted by Gasteiger charge is 2.33. The molecule has 9 heteroatoms. The minimum atomic E-state index is -0.357. The molecule has 0 radical (unpaired) electrons. The van der Waals surface area contributed by atoms with Crippen molar-refractivity contribution in [2.45, 2.75) is 45.4 Å². The van der Waals surface area contributed by atoms with Crippen LogP contribution < -0.4 is 10.5 Å². The molecule has 6 rings (SSSR count). The van der Waals surface area contributed by atoms with Crippen LogP contribution >= 0.6 is 0 Å². The Bertz CT molecular complexity index is 1430. The standard InChI is InChI=1S/C28H33N7O2/c1-19-10-11-21-17-24(28(36)29-25(21)20(19)2)26(27-30-31-32-35(27)18-23-9-6-16-37-23)34-14-12-33(13-15-34)22-7-4-3-5-8-22/h3-5,7-8,10-11,17,23,26H,6,9,12-16,18H2,1-2H3,(H,29,36)/t23-,26-/m1/s1. The summed E-state index contributed by atoms with van der Waals surface area (Å²) in [6, 6.07) is 16.3. The number of aryl methyl sites for hydroxylation is 2. The van der Waals surface area contributed by atoms with Crippen LogP contribution in [0.3, 0.4) is 0 Å². The summed E-state index contributed by atoms with van der Waals surface area (Å²) in [5, 5.41) is 13.9. The lowest BCUT2D eigenvalue weighted by Gasteiger charge is -2.39. The van der Waals surface area contributed by atoms with Gasteiger partial charge in [0.1, 0.15) is 6.04 Å². The third-order valence-corrected chi connectivity index (χ3v) is 7.88. The van der Waals surface area contributed by atoms with E-state index in [2.05, 4.69) is 80.6 Å². The Kier molecular flexibility index (Phi) is 6.48. The second kappa shape index (κ2) is 10.1. The van der Waals surface area contributed by atoms with Crippen LogP contribution in [0.5, 0.6) is 0 Å². The van der Waals surface area contributed by atoms with Gasteiger partial charge in [0.2, 0.25) is 0 Å². The summed E-state index contributed by atoms with van der Waals surface area (Å²) in [6.07, 6.45) is 2.14. The Hall–Kier alpha value is -3.56. The lowest BCUT2D eigenvalue weighted by Crippen LogP contribution is -2.49. The summed E-state index contributed by atoms with van der Waals surface area (Å²) >= 11 is 0. The SMILES string of the molecule is Cc1ccc2cc([C@H](c3nnnn3C[C@H]3CCCO3)N3CCN(c4ccccc4)CC3)c(=O)[nH]c2c1C. The Labute approximate surface area is 216 Å². The van der Waals surface area contributed by atoms with E-state index in [1.165, 1.54) is 5.69 Å². The lowest BCUT2D eigenvalue weighted by molar-refractivity contribution is 0.0906. The maximum atomic E-state index is 13.6. The molecule has 2 aromatic heterocycles. The van der Waals surface area contributed by atoms with Crippen LogP contribution in [0, 0.1) is 13.8 Å². The van der Waals surface area contributed by atoms with Gasteiger partial charge in [-0.05, 0) is 71.8 Å². The number of rotatable bonds is 6. The molecule has 4 heterocycles. The van der Waals surface area contributed by atoms with E-state index in [1.807, 2.05) is 16.8 Å². The van der Waals surface area contributed by atoms with Gasteiger partial charge in [0.05, 0.1) is 18.2 Å². The molecular weight excluding hydrogens is 466 g/mol. The molecule has 37 heavy (non-hydrogen) atoms. The van der Waals surface area contributed by atoms with Gasteiger partial charge >= 0.3 is 0 Å². The number of nitrogens with zero attached hydrogens (tertiary/aromatic N) is 6. The largest absolute Gasteiger partial charge is 0.376 e. The monoisotopic (exact) mass is 499 g/mol. The fourth-order valence-corrected chi connectivity index (χ4v) is 5.64. The van der Waals surface area contributed by atoms with Crippen LogP contribution in [-0.2, 0) is 11.3 Å². The number of fused-ring (bicyclic) bond motifs is 1. The number of ether oxygens (including phenoxy) is 1. The van der Waals surface area contributed by atoms with Crippen LogP contribution in [0.1, 0.15) is 41.4 Å². The molecule has 2 aliphatic rings. The topological polar surface area (TPSA) is 92.2 Å². The molecule has 0 amide bonds. The number of hydrogen-bond acceptors (Lipinski definition) is 7. The van der Waals surface area contributed by atoms with Crippen molar-refractivity contribution < 1.29 is 4.74 Å². The highest BCUT2D eigenvalue weighted by molar-refractivity contribution is 5.83. The van der Waals surface area contributed by atoms with Gasteiger partial charge in [0, 0.05) is 44.0 Å². The van der Waals surface area contributed by atoms with Crippen LogP contribution in [0.2, 0.25) is 0 Å². The van der Waals surface area contributed by atoms with Gasteiger partial charge < -0.3 is 14.6 Å². The number of benzene rings is 2. The fraction of sp³-hybridized carbons (Fsp3) is 0.429. The third-order valence-electron chi connectivity index (χ3n) is 7.88. The first-order valence-electron chi connectivity index (χ1n) is 13.1. The maximum Gasteiger partial charge on any atom is 0.253 e. The zero-order chi connectivity index (χ0) is 25.4. The second-order valence-corrected chi connectivity index (χ2v) is 10.1. The minimum absolute atomic E-state index is 0.0941. The molecule has 0 saturated carbocycles. The van der Waals surface area contributed by atoms with Crippen molar-refractivity contribution in [3.63, 3.8) is 0 Å². The van der Waals surface area contributed by atoms with Crippen LogP contribution in [0.15, 0.2) is 53.3 Å². The van der Waals surface area contributed by atoms with Gasteiger partial charge in [-0.15, -0.1) is 5.10 Å². The number of aromatic amines is 1. The van der Waals surface area contributed by atoms with Gasteiger partial charge in [0.15, 0.2) is 5.82 Å². The lowest BCUT2D eigenvalue weighted by atomic mass is 9.99. The van der Waals surface area contributed by atoms with E-state index in [9.17, 15) is 4.79 Å². The molecular formula is C28H33N7O2. The maximum absolute atomic E-state index is 13.6. The van der Waals surface area contributed by atoms with Crippen molar-refractivity contribution in [3.05, 3.63) is 81.4 Å². The molecule has 0 spiro atoms. The van der Waals surface area contributed by atoms with Crippen LogP contribution in [0.4, 0.5) is 5.69 Å². The average Bonchev–Trinajstić information content (AvgIpc) is 3.61. The Morgan fingerprint density at radius 2 is 1.89 bits per heavy atom. The molecule has 2 aromatic carbocycles. The zero-order valence-corrected chi connectivity index (χ0v) is 21.4. The van der Waals surface area contributed by atoms with Crippen molar-refractivity contribution >= 4 is 16.6 Å². The average molecular weight is 500 g/mol. The third kappa shape index (κ3) is 4.65. The molecule has 2 aliphatic heterocycles. The summed E-state index contributed by atoms with van der Waals surface area (Å²) in [7, 11) is 0. The van der Waals surface area contributed by atoms with Crippen molar-refractivity contribution in [2.75, 3.05) is 37.7 Å². The van der Waals surface area contributed by atoms with Gasteiger partial charge in [-0.1, -0.05) is 30.3 Å². The molecule has 4 aromatic rings. The first-order chi connectivity index (χ1) is 18.1. The zero-order valence-electron chi connectivity index (χ0n) is 21.4. The Morgan fingerprint density at radius 1 is 1.08 bits per heavy atom. The van der Waals surface area contributed by atoms with E-state index >= 15 is 0 Å². The summed E-state index contributed by atoms with van der Waals surface area (Å²) < 4.78 is 7.72. The van der Waals surface area contributed by atoms with Crippen molar-refractivity contribution in [2.24, 2.45) is 0 Å². The number of H-pyrrole nitrogens is 1. The van der Waals surface area contributed by atoms with Crippen molar-refractivity contribution in [1.82, 2.24) is 30.1 Å². The number of aromatic nitrogens is 5. The number of pyridine rings is 1. The predicted molar refractivity (Wildman–Crippen MR) is 143 cm³/mol. The van der Waals surface area contributed by atoms with Crippen LogP contribution in [0.25, 0.3) is 10.9 Å². The van der Waals surface area contributed by atoms with E-state index in [1.54, 1.807) is 0 Å². The number of nitrogens with one attached hydrogen (secondary N) is 1. The first kappa shape index (κ1) is 23.8. The molecule has 2 atom stereocenters. The predicted octanol–water partition coefficient (Wildman–Crippen LogP) is 3.22. The van der Waals surface area contributed by atoms with Gasteiger partial charge in [0.25, 0.3) is 5.56 Å². The Balaban J connectivity index is 1.38. The molecule has 1 N–H and O–H groups in total. The van der Waals surface area contributed by atoms with E-state index in [-0.39, 0.29) is 17.7 Å². The molecule has 192 valence electrons. The summed E-state index contributed by atoms with van der Waals surface area (Å²) in [4.78, 5) is 21.5. The number of para-hydroxylation sites is 1. The summed E-state index contributed by atoms with van der Waals surface area (Å²) in [5.41, 5.74) is 4.94. The van der Waals surface area contributed by atoms with E-state index in [0.717, 1.165) is 67.7 Å². The smallest absolute Gasteiger partial charge is 0.253 e. The highest BCUT2D eigenvalue weighted by atomic mass is 16.5. The van der Waals surface area contributed by atoms with E-state index in [4.69, 9.17) is 4.74 Å². The van der Waals surface area contributed by atoms with Crippen molar-refractivity contribution in [3.8, 4) is 0 Å². The molecule has 0 aliphatic carbocycles. The van der Waals surface area contributed by atoms with E-state index < -0.39 is 0 Å². The fourth-order valence-electron chi connectivity index (χ4n) is 5.64. The van der Waals surface area contributed by atoms with Crippen molar-refractivity contribution in [1.29, 1.82) is 0 Å². The van der Waals surface area contributed by atoms with Gasteiger partial charge in [-0.3, -0.25) is 9.69 Å². The quantitative estimate of drug-likeness (QED) is 0.435. The first-order valence-corrected chi connectivity index (χ1v) is 13.1. The highest BCUT2D eigenvalue weighted by Crippen LogP contribution is 2.30. The number of tetrazole rings is 1. The summed E-state index contributed by atoms with van der Waals surface area (Å²) in [5.74, 6) is 0.692. The van der Waals surface area contributed by atoms with Crippen LogP contribution in [-0.4, -0.2) is 69.0 Å². The number of hydrogen-bond donors (Lipinski definition) is 1.